The van der Waals surface area contributed by atoms with E-state index < -0.39 is 0 Å². The molecule has 0 fully saturated rings. The van der Waals surface area contributed by atoms with Crippen LogP contribution in [0.25, 0.3) is 0 Å². The van der Waals surface area contributed by atoms with Gasteiger partial charge in [-0.15, -0.1) is 0 Å². The van der Waals surface area contributed by atoms with E-state index in [4.69, 9.17) is 14.2 Å². The van der Waals surface area contributed by atoms with Gasteiger partial charge in [-0.05, 0) is 30.7 Å². The number of amides is 1. The zero-order chi connectivity index (χ0) is 25.2. The number of benzene rings is 1. The van der Waals surface area contributed by atoms with Crippen molar-refractivity contribution in [3.8, 4) is 5.75 Å². The van der Waals surface area contributed by atoms with Gasteiger partial charge in [-0.3, -0.25) is 4.79 Å². The van der Waals surface area contributed by atoms with Crippen LogP contribution in [0.15, 0.2) is 24.3 Å². The highest BCUT2D eigenvalue weighted by atomic mass is 16.5. The fraction of sp³-hybridized carbons (Fsp3) is 0.767. The Kier molecular flexibility index (Phi) is 21.7. The summed E-state index contributed by atoms with van der Waals surface area (Å²) in [6.07, 6.45) is 22.2. The molecule has 0 saturated heterocycles. The lowest BCUT2D eigenvalue weighted by Gasteiger charge is -2.09. The van der Waals surface area contributed by atoms with Crippen molar-refractivity contribution >= 4 is 11.6 Å². The lowest BCUT2D eigenvalue weighted by atomic mass is 10.0. The molecule has 0 spiro atoms. The van der Waals surface area contributed by atoms with Crippen LogP contribution >= 0.6 is 0 Å². The van der Waals surface area contributed by atoms with Crippen molar-refractivity contribution in [2.75, 3.05) is 38.4 Å². The summed E-state index contributed by atoms with van der Waals surface area (Å²) < 4.78 is 16.9. The summed E-state index contributed by atoms with van der Waals surface area (Å²) in [6, 6.07) is 7.33. The second-order valence-corrected chi connectivity index (χ2v) is 9.58. The predicted octanol–water partition coefficient (Wildman–Crippen LogP) is 8.32. The lowest BCUT2D eigenvalue weighted by Crippen LogP contribution is -2.11. The molecule has 1 rings (SSSR count). The first-order valence-corrected chi connectivity index (χ1v) is 14.4. The Morgan fingerprint density at radius 3 is 1.51 bits per heavy atom. The van der Waals surface area contributed by atoms with Crippen LogP contribution in [0.1, 0.15) is 117 Å². The largest absolute Gasteiger partial charge is 0.491 e. The van der Waals surface area contributed by atoms with Gasteiger partial charge in [-0.1, -0.05) is 103 Å². The van der Waals surface area contributed by atoms with E-state index in [1.165, 1.54) is 103 Å². The Hall–Kier alpha value is -1.59. The van der Waals surface area contributed by atoms with Gasteiger partial charge in [0.1, 0.15) is 12.4 Å². The fourth-order valence-corrected chi connectivity index (χ4v) is 4.13. The van der Waals surface area contributed by atoms with Crippen molar-refractivity contribution in [1.29, 1.82) is 0 Å². The maximum atomic E-state index is 11.0. The summed E-state index contributed by atoms with van der Waals surface area (Å²) in [5, 5.41) is 2.73. The van der Waals surface area contributed by atoms with Crippen molar-refractivity contribution < 1.29 is 19.0 Å². The molecule has 0 atom stereocenters. The molecule has 0 unspecified atom stereocenters. The van der Waals surface area contributed by atoms with Crippen LogP contribution in [-0.2, 0) is 14.3 Å². The van der Waals surface area contributed by atoms with Crippen LogP contribution in [-0.4, -0.2) is 38.9 Å². The van der Waals surface area contributed by atoms with Gasteiger partial charge in [0.15, 0.2) is 0 Å². The average molecular weight is 492 g/mol. The van der Waals surface area contributed by atoms with Crippen molar-refractivity contribution in [1.82, 2.24) is 0 Å². The van der Waals surface area contributed by atoms with E-state index in [9.17, 15) is 4.79 Å². The number of unbranched alkanes of at least 4 members (excludes halogenated alkanes) is 15. The van der Waals surface area contributed by atoms with Crippen molar-refractivity contribution in [3.63, 3.8) is 0 Å². The molecule has 1 amide bonds. The minimum Gasteiger partial charge on any atom is -0.491 e. The second-order valence-electron chi connectivity index (χ2n) is 9.58. The molecular formula is C30H53NO4. The third-order valence-electron chi connectivity index (χ3n) is 6.19. The van der Waals surface area contributed by atoms with Gasteiger partial charge >= 0.3 is 0 Å². The number of ether oxygens (including phenoxy) is 3. The zero-order valence-electron chi connectivity index (χ0n) is 22.8. The molecule has 5 nitrogen and oxygen atoms in total. The molecule has 0 aliphatic rings. The van der Waals surface area contributed by atoms with Crippen LogP contribution in [0, 0.1) is 0 Å². The summed E-state index contributed by atoms with van der Waals surface area (Å²) in [4.78, 5) is 11.0. The third-order valence-corrected chi connectivity index (χ3v) is 6.19. The quantitative estimate of drug-likeness (QED) is 0.140. The van der Waals surface area contributed by atoms with E-state index in [1.54, 1.807) is 0 Å². The SMILES string of the molecule is CCCCCCCCCCCCCCCCCCOCCOCCOc1ccc(NC(C)=O)cc1. The maximum Gasteiger partial charge on any atom is 0.221 e. The molecular weight excluding hydrogens is 438 g/mol. The monoisotopic (exact) mass is 491 g/mol. The molecule has 0 aliphatic heterocycles. The number of rotatable bonds is 25. The topological polar surface area (TPSA) is 56.8 Å². The number of hydrogen-bond donors (Lipinski definition) is 1. The molecule has 5 heteroatoms. The highest BCUT2D eigenvalue weighted by Crippen LogP contribution is 2.16. The molecule has 0 heterocycles. The maximum absolute atomic E-state index is 11.0. The first kappa shape index (κ1) is 31.4. The number of carbonyl (C=O) groups is 1. The Morgan fingerprint density at radius 1 is 0.600 bits per heavy atom. The molecule has 1 N–H and O–H groups in total. The summed E-state index contributed by atoms with van der Waals surface area (Å²) >= 11 is 0. The fourth-order valence-electron chi connectivity index (χ4n) is 4.13. The first-order valence-electron chi connectivity index (χ1n) is 14.4. The second kappa shape index (κ2) is 24.1. The van der Waals surface area contributed by atoms with Gasteiger partial charge in [-0.2, -0.15) is 0 Å². The Balaban J connectivity index is 1.73. The molecule has 1 aromatic rings. The minimum absolute atomic E-state index is 0.0795. The van der Waals surface area contributed by atoms with Crippen LogP contribution in [0.4, 0.5) is 5.69 Å². The minimum atomic E-state index is -0.0795. The molecule has 35 heavy (non-hydrogen) atoms. The number of carbonyl (C=O) groups excluding carboxylic acids is 1. The van der Waals surface area contributed by atoms with E-state index in [0.717, 1.165) is 24.5 Å². The Bertz CT molecular complexity index is 591. The van der Waals surface area contributed by atoms with E-state index in [-0.39, 0.29) is 5.91 Å². The Labute approximate surface area is 215 Å². The normalized spacial score (nSPS) is 11.0. The Morgan fingerprint density at radius 2 is 1.03 bits per heavy atom. The molecule has 0 saturated carbocycles. The summed E-state index contributed by atoms with van der Waals surface area (Å²) in [7, 11) is 0. The van der Waals surface area contributed by atoms with E-state index in [2.05, 4.69) is 12.2 Å². The van der Waals surface area contributed by atoms with Gasteiger partial charge in [-0.25, -0.2) is 0 Å². The number of nitrogens with one attached hydrogen (secondary N) is 1. The number of anilines is 1. The van der Waals surface area contributed by atoms with E-state index in [1.807, 2.05) is 24.3 Å². The van der Waals surface area contributed by atoms with Gasteiger partial charge in [0.05, 0.1) is 19.8 Å². The van der Waals surface area contributed by atoms with Gasteiger partial charge in [0.25, 0.3) is 0 Å². The first-order chi connectivity index (χ1) is 17.2. The molecule has 1 aromatic carbocycles. The smallest absolute Gasteiger partial charge is 0.221 e. The van der Waals surface area contributed by atoms with Crippen molar-refractivity contribution in [3.05, 3.63) is 24.3 Å². The average Bonchev–Trinajstić information content (AvgIpc) is 2.85. The van der Waals surface area contributed by atoms with Gasteiger partial charge < -0.3 is 19.5 Å². The van der Waals surface area contributed by atoms with E-state index >= 15 is 0 Å². The molecule has 0 bridgehead atoms. The third kappa shape index (κ3) is 21.4. The van der Waals surface area contributed by atoms with E-state index in [0.29, 0.717) is 26.4 Å². The van der Waals surface area contributed by atoms with Crippen LogP contribution < -0.4 is 10.1 Å². The molecule has 202 valence electrons. The molecule has 0 radical (unpaired) electrons. The summed E-state index contributed by atoms with van der Waals surface area (Å²) in [5.41, 5.74) is 0.766. The standard InChI is InChI=1S/C30H53NO4/c1-3-4-5-6-7-8-9-10-11-12-13-14-15-16-17-18-23-33-24-25-34-26-27-35-30-21-19-29(20-22-30)31-28(2)32/h19-22H,3-18,23-27H2,1-2H3,(H,31,32). The van der Waals surface area contributed by atoms with Crippen LogP contribution in [0.3, 0.4) is 0 Å². The van der Waals surface area contributed by atoms with Crippen molar-refractivity contribution in [2.45, 2.75) is 117 Å². The van der Waals surface area contributed by atoms with Crippen molar-refractivity contribution in [2.24, 2.45) is 0 Å². The molecule has 0 aliphatic carbocycles. The number of hydrogen-bond acceptors (Lipinski definition) is 4. The summed E-state index contributed by atoms with van der Waals surface area (Å²) in [6.45, 7) is 6.89. The highest BCUT2D eigenvalue weighted by Gasteiger charge is 1.98. The highest BCUT2D eigenvalue weighted by molar-refractivity contribution is 5.88. The van der Waals surface area contributed by atoms with Gasteiger partial charge in [0, 0.05) is 19.2 Å². The lowest BCUT2D eigenvalue weighted by molar-refractivity contribution is -0.114. The van der Waals surface area contributed by atoms with Crippen LogP contribution in [0.5, 0.6) is 5.75 Å². The zero-order valence-corrected chi connectivity index (χ0v) is 22.8. The van der Waals surface area contributed by atoms with Gasteiger partial charge in [0.2, 0.25) is 5.91 Å². The van der Waals surface area contributed by atoms with Crippen LogP contribution in [0.2, 0.25) is 0 Å². The molecule has 0 aromatic heterocycles. The predicted molar refractivity (Wildman–Crippen MR) is 147 cm³/mol. The summed E-state index contributed by atoms with van der Waals surface area (Å²) in [5.74, 6) is 0.687.